The molecule has 2 aliphatic heterocycles. The average Bonchev–Trinajstić information content (AvgIpc) is 3.50. The fourth-order valence-electron chi connectivity index (χ4n) is 4.26. The lowest BCUT2D eigenvalue weighted by Crippen LogP contribution is -2.43. The molecule has 2 aromatic heterocycles. The van der Waals surface area contributed by atoms with Crippen LogP contribution < -0.4 is 21.2 Å². The van der Waals surface area contributed by atoms with E-state index in [0.717, 1.165) is 34.7 Å². The molecule has 4 aromatic rings. The molecular formula is C28H24N8O4. The number of fused-ring (bicyclic) bond motifs is 2. The van der Waals surface area contributed by atoms with Crippen molar-refractivity contribution in [2.75, 3.05) is 21.2 Å². The topological polar surface area (TPSA) is 115 Å². The molecule has 6 rings (SSSR count). The number of nitrogens with zero attached hydrogens (tertiary/aromatic N) is 6. The number of carbonyl (C=O) groups excluding carboxylic acids is 2. The highest BCUT2D eigenvalue weighted by Gasteiger charge is 2.32. The van der Waals surface area contributed by atoms with Crippen molar-refractivity contribution < 1.29 is 19.3 Å². The molecular weight excluding hydrogens is 512 g/mol. The number of hydrogen-bond acceptors (Lipinski definition) is 12. The largest absolute Gasteiger partial charge is 0.358 e. The maximum absolute atomic E-state index is 12.8. The number of nitrogens with one attached hydrogen (secondary N) is 2. The van der Waals surface area contributed by atoms with Gasteiger partial charge in [0.25, 0.3) is 0 Å². The molecule has 0 saturated carbocycles. The summed E-state index contributed by atoms with van der Waals surface area (Å²) in [5.41, 5.74) is 11.2. The van der Waals surface area contributed by atoms with Crippen LogP contribution in [0.3, 0.4) is 0 Å². The molecule has 2 N–H and O–H groups in total. The number of pyridine rings is 2. The molecule has 0 unspecified atom stereocenters. The second-order valence-corrected chi connectivity index (χ2v) is 8.77. The highest BCUT2D eigenvalue weighted by atomic mass is 16.8. The molecule has 0 saturated heterocycles. The zero-order valence-electron chi connectivity index (χ0n) is 21.1. The molecule has 0 amide bonds. The first-order valence-electron chi connectivity index (χ1n) is 12.4. The van der Waals surface area contributed by atoms with Crippen molar-refractivity contribution in [1.82, 2.24) is 20.2 Å². The van der Waals surface area contributed by atoms with Crippen LogP contribution in [0.25, 0.3) is 0 Å². The van der Waals surface area contributed by atoms with Gasteiger partial charge in [0.05, 0.1) is 24.5 Å². The number of carbonyl (C=O) groups is 2. The van der Waals surface area contributed by atoms with E-state index in [1.807, 2.05) is 48.5 Å². The second-order valence-electron chi connectivity index (χ2n) is 8.77. The Labute approximate surface area is 229 Å². The summed E-state index contributed by atoms with van der Waals surface area (Å²) in [7, 11) is 0. The molecule has 12 nitrogen and oxygen atoms in total. The third kappa shape index (κ3) is 5.38. The predicted octanol–water partition coefficient (Wildman–Crippen LogP) is 3.78. The Morgan fingerprint density at radius 2 is 1.02 bits per heavy atom. The van der Waals surface area contributed by atoms with Crippen LogP contribution in [-0.2, 0) is 32.4 Å². The SMILES string of the molecule is O=C(/C=C\C(=O)ON1c2ccccc2CN1Nc1ccncc1)ON1c2ccccc2CN1Nc1ccncc1. The minimum Gasteiger partial charge on any atom is -0.319 e. The second kappa shape index (κ2) is 11.1. The van der Waals surface area contributed by atoms with E-state index in [-0.39, 0.29) is 0 Å². The molecule has 0 bridgehead atoms. The number of hydrazine groups is 4. The van der Waals surface area contributed by atoms with Crippen LogP contribution in [0.1, 0.15) is 11.1 Å². The summed E-state index contributed by atoms with van der Waals surface area (Å²) in [4.78, 5) is 44.8. The highest BCUT2D eigenvalue weighted by Crippen LogP contribution is 2.33. The van der Waals surface area contributed by atoms with Gasteiger partial charge in [-0.2, -0.15) is 0 Å². The molecule has 40 heavy (non-hydrogen) atoms. The van der Waals surface area contributed by atoms with Crippen LogP contribution in [0.2, 0.25) is 0 Å². The summed E-state index contributed by atoms with van der Waals surface area (Å²) in [5.74, 6) is -1.52. The van der Waals surface area contributed by atoms with Crippen molar-refractivity contribution in [3.05, 3.63) is 121 Å². The Hall–Kier alpha value is -5.46. The smallest absolute Gasteiger partial charge is 0.319 e. The fourth-order valence-corrected chi connectivity index (χ4v) is 4.26. The number of rotatable bonds is 8. The number of hydrogen-bond donors (Lipinski definition) is 2. The standard InChI is InChI=1S/C28H24N8O4/c37-27(39-35-25-7-3-1-5-21(25)19-33(35)31-23-11-15-29-16-12-23)9-10-28(38)40-36-26-8-4-2-6-22(26)20-34(36)32-24-13-17-30-18-14-24/h1-18H,19-20H2,(H,29,31)(H,30,32)/b10-9-. The van der Waals surface area contributed by atoms with E-state index in [1.165, 1.54) is 10.3 Å². The number of benzene rings is 2. The first kappa shape index (κ1) is 24.9. The lowest BCUT2D eigenvalue weighted by Gasteiger charge is -2.28. The summed E-state index contributed by atoms with van der Waals surface area (Å²) < 4.78 is 0. The third-order valence-corrected chi connectivity index (χ3v) is 6.06. The van der Waals surface area contributed by atoms with Crippen molar-refractivity contribution in [3.63, 3.8) is 0 Å². The van der Waals surface area contributed by atoms with Gasteiger partial charge in [-0.3, -0.25) is 20.8 Å². The molecule has 0 aliphatic carbocycles. The van der Waals surface area contributed by atoms with Gasteiger partial charge in [0.15, 0.2) is 0 Å². The Morgan fingerprint density at radius 1 is 0.625 bits per heavy atom. The maximum Gasteiger partial charge on any atom is 0.358 e. The Morgan fingerprint density at radius 3 is 1.45 bits per heavy atom. The molecule has 0 fully saturated rings. The number of anilines is 4. The van der Waals surface area contributed by atoms with Crippen molar-refractivity contribution in [3.8, 4) is 0 Å². The Kier molecular flexibility index (Phi) is 6.90. The number of aromatic nitrogens is 2. The zero-order chi connectivity index (χ0) is 27.3. The van der Waals surface area contributed by atoms with Gasteiger partial charge < -0.3 is 9.68 Å². The van der Waals surface area contributed by atoms with E-state index >= 15 is 0 Å². The van der Waals surface area contributed by atoms with E-state index in [9.17, 15) is 9.59 Å². The quantitative estimate of drug-likeness (QED) is 0.319. The molecule has 0 radical (unpaired) electrons. The van der Waals surface area contributed by atoms with E-state index in [1.54, 1.807) is 59.3 Å². The fraction of sp³-hybridized carbons (Fsp3) is 0.0714. The molecule has 12 heteroatoms. The van der Waals surface area contributed by atoms with Crippen LogP contribution in [0.15, 0.2) is 110 Å². The summed E-state index contributed by atoms with van der Waals surface area (Å²) in [6.07, 6.45) is 8.67. The molecule has 0 spiro atoms. The van der Waals surface area contributed by atoms with Gasteiger partial charge in [0, 0.05) is 36.9 Å². The summed E-state index contributed by atoms with van der Waals surface area (Å²) in [5, 5.41) is 6.00. The van der Waals surface area contributed by atoms with Crippen molar-refractivity contribution in [2.24, 2.45) is 0 Å². The van der Waals surface area contributed by atoms with Gasteiger partial charge in [-0.05, 0) is 47.5 Å². The predicted molar refractivity (Wildman–Crippen MR) is 146 cm³/mol. The molecule has 2 aromatic carbocycles. The van der Waals surface area contributed by atoms with Gasteiger partial charge in [-0.1, -0.05) is 46.6 Å². The first-order valence-corrected chi connectivity index (χ1v) is 12.4. The van der Waals surface area contributed by atoms with E-state index < -0.39 is 11.9 Å². The van der Waals surface area contributed by atoms with Gasteiger partial charge in [0.2, 0.25) is 0 Å². The van der Waals surface area contributed by atoms with Crippen molar-refractivity contribution in [1.29, 1.82) is 0 Å². The van der Waals surface area contributed by atoms with Crippen LogP contribution in [0.5, 0.6) is 0 Å². The van der Waals surface area contributed by atoms with E-state index in [0.29, 0.717) is 24.5 Å². The van der Waals surface area contributed by atoms with Gasteiger partial charge in [0.1, 0.15) is 11.4 Å². The first-order chi connectivity index (χ1) is 19.6. The minimum absolute atomic E-state index is 0.451. The Bertz CT molecular complexity index is 1420. The lowest BCUT2D eigenvalue weighted by molar-refractivity contribution is -0.147. The molecule has 2 aliphatic rings. The van der Waals surface area contributed by atoms with Gasteiger partial charge in [-0.15, -0.1) is 10.3 Å². The van der Waals surface area contributed by atoms with Gasteiger partial charge >= 0.3 is 11.9 Å². The van der Waals surface area contributed by atoms with E-state index in [2.05, 4.69) is 20.8 Å². The van der Waals surface area contributed by atoms with Crippen LogP contribution >= 0.6 is 0 Å². The molecule has 0 atom stereocenters. The normalized spacial score (nSPS) is 14.6. The van der Waals surface area contributed by atoms with Crippen LogP contribution in [-0.4, -0.2) is 32.1 Å². The summed E-state index contributed by atoms with van der Waals surface area (Å²) in [6, 6.07) is 22.3. The van der Waals surface area contributed by atoms with Crippen molar-refractivity contribution >= 4 is 34.7 Å². The average molecular weight is 537 g/mol. The zero-order valence-corrected chi connectivity index (χ0v) is 21.1. The monoisotopic (exact) mass is 536 g/mol. The lowest BCUT2D eigenvalue weighted by atomic mass is 10.2. The van der Waals surface area contributed by atoms with E-state index in [4.69, 9.17) is 9.68 Å². The van der Waals surface area contributed by atoms with Gasteiger partial charge in [-0.25, -0.2) is 9.59 Å². The summed E-state index contributed by atoms with van der Waals surface area (Å²) >= 11 is 0. The Balaban J connectivity index is 1.13. The minimum atomic E-state index is -0.760. The van der Waals surface area contributed by atoms with Crippen molar-refractivity contribution in [2.45, 2.75) is 13.1 Å². The third-order valence-electron chi connectivity index (χ3n) is 6.06. The van der Waals surface area contributed by atoms with Crippen LogP contribution in [0.4, 0.5) is 22.7 Å². The van der Waals surface area contributed by atoms with Crippen LogP contribution in [0, 0.1) is 0 Å². The molecule has 4 heterocycles. The number of para-hydroxylation sites is 2. The molecule has 200 valence electrons. The highest BCUT2D eigenvalue weighted by molar-refractivity contribution is 5.92. The summed E-state index contributed by atoms with van der Waals surface area (Å²) in [6.45, 7) is 0.901. The maximum atomic E-state index is 12.8.